The van der Waals surface area contributed by atoms with Crippen molar-refractivity contribution in [2.24, 2.45) is 0 Å². The van der Waals surface area contributed by atoms with E-state index in [9.17, 15) is 13.2 Å². The highest BCUT2D eigenvalue weighted by molar-refractivity contribution is 8.00. The summed E-state index contributed by atoms with van der Waals surface area (Å²) in [5.41, 5.74) is -1.46. The first-order chi connectivity index (χ1) is 12.7. The monoisotopic (exact) mass is 419 g/mol. The summed E-state index contributed by atoms with van der Waals surface area (Å²) in [4.78, 5) is -0.0204. The number of methoxy groups -OCH3 is 2. The lowest BCUT2D eigenvalue weighted by Crippen LogP contribution is -2.17. The Balaban J connectivity index is 2.04. The SMILES string of the molecule is COc1cc(SC(F)(F)F)c(OC)cc1CCNCc1cc(C)cc(Cl)c1. The molecule has 0 aliphatic heterocycles. The Hall–Kier alpha value is -1.57. The lowest BCUT2D eigenvalue weighted by molar-refractivity contribution is -0.0328. The van der Waals surface area contributed by atoms with Crippen molar-refractivity contribution < 1.29 is 22.6 Å². The maximum absolute atomic E-state index is 12.7. The van der Waals surface area contributed by atoms with Gasteiger partial charge >= 0.3 is 5.51 Å². The Kier molecular flexibility index (Phi) is 7.70. The fourth-order valence-electron chi connectivity index (χ4n) is 2.70. The molecule has 0 amide bonds. The second-order valence-corrected chi connectivity index (χ2v) is 7.47. The van der Waals surface area contributed by atoms with E-state index in [4.69, 9.17) is 21.1 Å². The molecule has 2 aromatic rings. The quantitative estimate of drug-likeness (QED) is 0.445. The Morgan fingerprint density at radius 1 is 1.04 bits per heavy atom. The number of aryl methyl sites for hydroxylation is 1. The van der Waals surface area contributed by atoms with Gasteiger partial charge < -0.3 is 14.8 Å². The van der Waals surface area contributed by atoms with Crippen molar-refractivity contribution in [1.29, 1.82) is 0 Å². The van der Waals surface area contributed by atoms with Crippen LogP contribution in [-0.2, 0) is 13.0 Å². The predicted molar refractivity (Wildman–Crippen MR) is 103 cm³/mol. The number of benzene rings is 2. The van der Waals surface area contributed by atoms with Gasteiger partial charge in [-0.15, -0.1) is 0 Å². The maximum atomic E-state index is 12.7. The zero-order chi connectivity index (χ0) is 20.0. The molecule has 2 aromatic carbocycles. The minimum atomic E-state index is -4.39. The zero-order valence-electron chi connectivity index (χ0n) is 15.2. The molecule has 0 aromatic heterocycles. The van der Waals surface area contributed by atoms with E-state index < -0.39 is 5.51 Å². The summed E-state index contributed by atoms with van der Waals surface area (Å²) < 4.78 is 48.5. The van der Waals surface area contributed by atoms with Gasteiger partial charge in [-0.1, -0.05) is 17.7 Å². The van der Waals surface area contributed by atoms with Gasteiger partial charge in [-0.3, -0.25) is 0 Å². The van der Waals surface area contributed by atoms with Gasteiger partial charge in [-0.2, -0.15) is 13.2 Å². The van der Waals surface area contributed by atoms with Gasteiger partial charge in [0.1, 0.15) is 11.5 Å². The summed E-state index contributed by atoms with van der Waals surface area (Å²) in [6.45, 7) is 3.24. The number of halogens is 4. The van der Waals surface area contributed by atoms with E-state index in [2.05, 4.69) is 5.32 Å². The van der Waals surface area contributed by atoms with E-state index in [-0.39, 0.29) is 22.4 Å². The Labute approximate surface area is 166 Å². The third-order valence-corrected chi connectivity index (χ3v) is 4.78. The molecule has 0 spiro atoms. The summed E-state index contributed by atoms with van der Waals surface area (Å²) in [5, 5.41) is 4.00. The molecule has 2 rings (SSSR count). The van der Waals surface area contributed by atoms with E-state index in [0.717, 1.165) is 16.7 Å². The van der Waals surface area contributed by atoms with Gasteiger partial charge in [0, 0.05) is 11.6 Å². The minimum Gasteiger partial charge on any atom is -0.496 e. The average Bonchev–Trinajstić information content (AvgIpc) is 2.57. The van der Waals surface area contributed by atoms with Crippen molar-refractivity contribution in [1.82, 2.24) is 5.32 Å². The Morgan fingerprint density at radius 2 is 1.74 bits per heavy atom. The van der Waals surface area contributed by atoms with Gasteiger partial charge in [0.25, 0.3) is 0 Å². The molecular weight excluding hydrogens is 399 g/mol. The molecule has 0 heterocycles. The molecule has 1 N–H and O–H groups in total. The molecule has 0 fully saturated rings. The summed E-state index contributed by atoms with van der Waals surface area (Å²) in [5.74, 6) is 0.585. The van der Waals surface area contributed by atoms with E-state index in [1.54, 1.807) is 6.07 Å². The van der Waals surface area contributed by atoms with Crippen LogP contribution >= 0.6 is 23.4 Å². The number of nitrogens with one attached hydrogen (secondary N) is 1. The highest BCUT2D eigenvalue weighted by atomic mass is 35.5. The third-order valence-electron chi connectivity index (χ3n) is 3.79. The van der Waals surface area contributed by atoms with E-state index in [1.165, 1.54) is 20.3 Å². The van der Waals surface area contributed by atoms with Crippen molar-refractivity contribution in [2.45, 2.75) is 30.3 Å². The standard InChI is InChI=1S/C19H21ClF3NO2S/c1-12-6-13(8-15(20)7-12)11-24-5-4-14-9-17(26-3)18(10-16(14)25-2)27-19(21,22)23/h6-10,24H,4-5,11H2,1-3H3. The van der Waals surface area contributed by atoms with Gasteiger partial charge in [-0.05, 0) is 72.6 Å². The second-order valence-electron chi connectivity index (χ2n) is 5.93. The molecule has 3 nitrogen and oxygen atoms in total. The first kappa shape index (κ1) is 21.7. The van der Waals surface area contributed by atoms with Gasteiger partial charge in [0.05, 0.1) is 19.1 Å². The average molecular weight is 420 g/mol. The molecule has 0 atom stereocenters. The molecule has 0 unspecified atom stereocenters. The minimum absolute atomic E-state index is 0.0204. The molecule has 148 valence electrons. The van der Waals surface area contributed by atoms with E-state index >= 15 is 0 Å². The normalized spacial score (nSPS) is 11.5. The number of alkyl halides is 3. The van der Waals surface area contributed by atoms with Crippen molar-refractivity contribution in [3.05, 3.63) is 52.0 Å². The van der Waals surface area contributed by atoms with Crippen LogP contribution in [-0.4, -0.2) is 26.3 Å². The fourth-order valence-corrected chi connectivity index (χ4v) is 3.67. The van der Waals surface area contributed by atoms with Crippen molar-refractivity contribution in [3.8, 4) is 11.5 Å². The number of rotatable bonds is 8. The number of hydrogen-bond acceptors (Lipinski definition) is 4. The predicted octanol–water partition coefficient (Wildman–Crippen LogP) is 5.61. The van der Waals surface area contributed by atoms with Crippen LogP contribution in [0, 0.1) is 6.92 Å². The van der Waals surface area contributed by atoms with Crippen molar-refractivity contribution >= 4 is 23.4 Å². The van der Waals surface area contributed by atoms with E-state index in [1.807, 2.05) is 25.1 Å². The van der Waals surface area contributed by atoms with Gasteiger partial charge in [0.15, 0.2) is 0 Å². The second kappa shape index (κ2) is 9.57. The molecular formula is C19H21ClF3NO2S. The molecule has 0 saturated carbocycles. The summed E-state index contributed by atoms with van der Waals surface area (Å²) in [6, 6.07) is 8.80. The summed E-state index contributed by atoms with van der Waals surface area (Å²) in [6.07, 6.45) is 0.579. The molecule has 0 radical (unpaired) electrons. The van der Waals surface area contributed by atoms with Crippen molar-refractivity contribution in [3.63, 3.8) is 0 Å². The van der Waals surface area contributed by atoms with Crippen LogP contribution in [0.2, 0.25) is 5.02 Å². The molecule has 0 bridgehead atoms. The summed E-state index contributed by atoms with van der Waals surface area (Å²) >= 11 is 5.84. The molecule has 0 aliphatic carbocycles. The number of hydrogen-bond donors (Lipinski definition) is 1. The van der Waals surface area contributed by atoms with Gasteiger partial charge in [-0.25, -0.2) is 0 Å². The maximum Gasteiger partial charge on any atom is 0.446 e. The third kappa shape index (κ3) is 6.83. The first-order valence-corrected chi connectivity index (χ1v) is 9.38. The largest absolute Gasteiger partial charge is 0.496 e. The molecule has 27 heavy (non-hydrogen) atoms. The van der Waals surface area contributed by atoms with Crippen LogP contribution in [0.15, 0.2) is 35.2 Å². The topological polar surface area (TPSA) is 30.5 Å². The van der Waals surface area contributed by atoms with Crippen LogP contribution in [0.4, 0.5) is 13.2 Å². The summed E-state index contributed by atoms with van der Waals surface area (Å²) in [7, 11) is 2.79. The molecule has 0 saturated heterocycles. The van der Waals surface area contributed by atoms with Crippen molar-refractivity contribution in [2.75, 3.05) is 20.8 Å². The first-order valence-electron chi connectivity index (χ1n) is 8.19. The van der Waals surface area contributed by atoms with Crippen LogP contribution in [0.1, 0.15) is 16.7 Å². The Morgan fingerprint density at radius 3 is 2.33 bits per heavy atom. The van der Waals surface area contributed by atoms with Crippen LogP contribution in [0.3, 0.4) is 0 Å². The lowest BCUT2D eigenvalue weighted by Gasteiger charge is -2.16. The van der Waals surface area contributed by atoms with Crippen LogP contribution in [0.5, 0.6) is 11.5 Å². The van der Waals surface area contributed by atoms with Crippen LogP contribution < -0.4 is 14.8 Å². The lowest BCUT2D eigenvalue weighted by atomic mass is 10.1. The Bertz CT molecular complexity index is 764. The number of thioether (sulfide) groups is 1. The van der Waals surface area contributed by atoms with E-state index in [0.29, 0.717) is 30.3 Å². The highest BCUT2D eigenvalue weighted by Gasteiger charge is 2.31. The zero-order valence-corrected chi connectivity index (χ0v) is 16.8. The molecule has 8 heteroatoms. The molecule has 0 aliphatic rings. The van der Waals surface area contributed by atoms with Gasteiger partial charge in [0.2, 0.25) is 0 Å². The smallest absolute Gasteiger partial charge is 0.446 e. The van der Waals surface area contributed by atoms with Crippen LogP contribution in [0.25, 0.3) is 0 Å². The fraction of sp³-hybridized carbons (Fsp3) is 0.368. The number of ether oxygens (including phenoxy) is 2. The highest BCUT2D eigenvalue weighted by Crippen LogP contribution is 2.44.